The summed E-state index contributed by atoms with van der Waals surface area (Å²) in [5, 5.41) is 8.80. The minimum atomic E-state index is 0.0745. The first kappa shape index (κ1) is 20.5. The molecule has 148 valence electrons. The number of hydrogen-bond donors (Lipinski definition) is 2. The Bertz CT molecular complexity index is 702. The van der Waals surface area contributed by atoms with Gasteiger partial charge >= 0.3 is 0 Å². The van der Waals surface area contributed by atoms with Crippen molar-refractivity contribution in [3.05, 3.63) is 52.0 Å². The Kier molecular flexibility index (Phi) is 6.69. The summed E-state index contributed by atoms with van der Waals surface area (Å²) < 4.78 is 5.64. The molecule has 1 fully saturated rings. The summed E-state index contributed by atoms with van der Waals surface area (Å²) in [7, 11) is 0. The molecule has 0 bridgehead atoms. The molecule has 0 saturated carbocycles. The first-order chi connectivity index (χ1) is 12.9. The van der Waals surface area contributed by atoms with Crippen molar-refractivity contribution in [3.8, 4) is 0 Å². The van der Waals surface area contributed by atoms with E-state index >= 15 is 0 Å². The van der Waals surface area contributed by atoms with Crippen LogP contribution in [0.5, 0.6) is 0 Å². The molecule has 1 aromatic carbocycles. The summed E-state index contributed by atoms with van der Waals surface area (Å²) >= 11 is 1.82. The fraction of sp³-hybridized carbons (Fsp3) is 0.591. The number of rotatable bonds is 7. The van der Waals surface area contributed by atoms with Crippen molar-refractivity contribution >= 4 is 11.3 Å². The van der Waals surface area contributed by atoms with E-state index in [2.05, 4.69) is 73.6 Å². The third-order valence-corrected chi connectivity index (χ3v) is 6.65. The average molecular weight is 388 g/mol. The van der Waals surface area contributed by atoms with Gasteiger partial charge in [-0.25, -0.2) is 4.98 Å². The maximum atomic E-state index is 5.64. The summed E-state index contributed by atoms with van der Waals surface area (Å²) in [4.78, 5) is 5.91. The average Bonchev–Trinajstić information content (AvgIpc) is 3.12. The van der Waals surface area contributed by atoms with Gasteiger partial charge < -0.3 is 15.4 Å². The summed E-state index contributed by atoms with van der Waals surface area (Å²) in [5.74, 6) is 0. The molecule has 2 aromatic rings. The lowest BCUT2D eigenvalue weighted by atomic mass is 9.88. The van der Waals surface area contributed by atoms with Crippen molar-refractivity contribution in [1.29, 1.82) is 0 Å². The van der Waals surface area contributed by atoms with Crippen LogP contribution in [0, 0.1) is 0 Å². The standard InChI is InChI=1S/C22H33N3OS/c1-17(18-8-6-5-7-9-18)25-22(10-12-26-13-11-22)16-23-14-19-15-24-20(27-19)21(2,3)4/h5-9,15,17,23,25H,10-14,16H2,1-4H3/t17-/m1/s1. The van der Waals surface area contributed by atoms with Gasteiger partial charge in [-0.05, 0) is 25.3 Å². The smallest absolute Gasteiger partial charge is 0.0981 e. The molecule has 0 unspecified atom stereocenters. The highest BCUT2D eigenvalue weighted by Crippen LogP contribution is 2.28. The maximum Gasteiger partial charge on any atom is 0.0981 e. The summed E-state index contributed by atoms with van der Waals surface area (Å²) in [6.07, 6.45) is 4.09. The highest BCUT2D eigenvalue weighted by atomic mass is 32.1. The lowest BCUT2D eigenvalue weighted by Gasteiger charge is -2.40. The number of nitrogens with zero attached hydrogens (tertiary/aromatic N) is 1. The summed E-state index contributed by atoms with van der Waals surface area (Å²) in [6.45, 7) is 12.4. The Morgan fingerprint density at radius 3 is 2.52 bits per heavy atom. The van der Waals surface area contributed by atoms with Gasteiger partial charge in [-0.3, -0.25) is 0 Å². The van der Waals surface area contributed by atoms with Gasteiger partial charge in [0, 0.05) is 54.4 Å². The molecule has 0 spiro atoms. The van der Waals surface area contributed by atoms with Crippen LogP contribution in [-0.2, 0) is 16.7 Å². The number of ether oxygens (including phenoxy) is 1. The normalized spacial score (nSPS) is 18.4. The first-order valence-corrected chi connectivity index (χ1v) is 10.8. The second-order valence-corrected chi connectivity index (χ2v) is 9.77. The lowest BCUT2D eigenvalue weighted by Crippen LogP contribution is -2.56. The van der Waals surface area contributed by atoms with Crippen LogP contribution in [0.4, 0.5) is 0 Å². The van der Waals surface area contributed by atoms with Crippen molar-refractivity contribution in [3.63, 3.8) is 0 Å². The van der Waals surface area contributed by atoms with Gasteiger partial charge in [-0.15, -0.1) is 11.3 Å². The van der Waals surface area contributed by atoms with E-state index in [-0.39, 0.29) is 11.0 Å². The van der Waals surface area contributed by atoms with Crippen LogP contribution in [-0.4, -0.2) is 30.3 Å². The van der Waals surface area contributed by atoms with E-state index in [0.717, 1.165) is 39.1 Å². The summed E-state index contributed by atoms with van der Waals surface area (Å²) in [5.41, 5.74) is 1.53. The number of hydrogen-bond acceptors (Lipinski definition) is 5. The predicted molar refractivity (Wildman–Crippen MR) is 113 cm³/mol. The molecule has 1 saturated heterocycles. The van der Waals surface area contributed by atoms with E-state index in [0.29, 0.717) is 6.04 Å². The molecule has 1 aliphatic heterocycles. The third-order valence-electron chi connectivity index (χ3n) is 5.23. The Hall–Kier alpha value is -1.27. The number of benzene rings is 1. The van der Waals surface area contributed by atoms with Gasteiger partial charge in [0.2, 0.25) is 0 Å². The van der Waals surface area contributed by atoms with Crippen LogP contribution in [0.15, 0.2) is 36.5 Å². The Balaban J connectivity index is 1.60. The number of nitrogens with one attached hydrogen (secondary N) is 2. The first-order valence-electron chi connectivity index (χ1n) is 9.94. The molecule has 5 heteroatoms. The largest absolute Gasteiger partial charge is 0.381 e. The monoisotopic (exact) mass is 387 g/mol. The molecule has 1 aromatic heterocycles. The Labute approximate surface area is 167 Å². The molecule has 2 N–H and O–H groups in total. The SMILES string of the molecule is C[C@@H](NC1(CNCc2cnc(C(C)(C)C)s2)CCOCC1)c1ccccc1. The highest BCUT2D eigenvalue weighted by Gasteiger charge is 2.33. The topological polar surface area (TPSA) is 46.2 Å². The van der Waals surface area contributed by atoms with Crippen molar-refractivity contribution in [2.24, 2.45) is 0 Å². The lowest BCUT2D eigenvalue weighted by molar-refractivity contribution is 0.0337. The van der Waals surface area contributed by atoms with Gasteiger partial charge in [0.1, 0.15) is 0 Å². The van der Waals surface area contributed by atoms with E-state index < -0.39 is 0 Å². The van der Waals surface area contributed by atoms with Crippen LogP contribution < -0.4 is 10.6 Å². The quantitative estimate of drug-likeness (QED) is 0.738. The Morgan fingerprint density at radius 2 is 1.89 bits per heavy atom. The minimum Gasteiger partial charge on any atom is -0.381 e. The van der Waals surface area contributed by atoms with E-state index in [1.807, 2.05) is 17.5 Å². The van der Waals surface area contributed by atoms with Crippen LogP contribution in [0.1, 0.15) is 62.0 Å². The zero-order valence-electron chi connectivity index (χ0n) is 17.0. The molecular weight excluding hydrogens is 354 g/mol. The number of thiazole rings is 1. The maximum absolute atomic E-state index is 5.64. The predicted octanol–water partition coefficient (Wildman–Crippen LogP) is 4.43. The van der Waals surface area contributed by atoms with Crippen molar-refractivity contribution in [1.82, 2.24) is 15.6 Å². The van der Waals surface area contributed by atoms with E-state index in [1.165, 1.54) is 15.4 Å². The molecule has 1 aliphatic rings. The van der Waals surface area contributed by atoms with Gasteiger partial charge in [0.15, 0.2) is 0 Å². The van der Waals surface area contributed by atoms with Gasteiger partial charge in [0.05, 0.1) is 5.01 Å². The molecule has 27 heavy (non-hydrogen) atoms. The fourth-order valence-corrected chi connectivity index (χ4v) is 4.52. The van der Waals surface area contributed by atoms with E-state index in [9.17, 15) is 0 Å². The molecule has 0 amide bonds. The molecular formula is C22H33N3OS. The van der Waals surface area contributed by atoms with Crippen molar-refractivity contribution in [2.75, 3.05) is 19.8 Å². The van der Waals surface area contributed by atoms with Crippen LogP contribution in [0.25, 0.3) is 0 Å². The molecule has 2 heterocycles. The van der Waals surface area contributed by atoms with Gasteiger partial charge in [-0.1, -0.05) is 51.1 Å². The van der Waals surface area contributed by atoms with Crippen molar-refractivity contribution < 1.29 is 4.74 Å². The fourth-order valence-electron chi connectivity index (χ4n) is 3.58. The van der Waals surface area contributed by atoms with E-state index in [1.54, 1.807) is 0 Å². The minimum absolute atomic E-state index is 0.0745. The van der Waals surface area contributed by atoms with E-state index in [4.69, 9.17) is 4.74 Å². The van der Waals surface area contributed by atoms with Crippen LogP contribution >= 0.6 is 11.3 Å². The zero-order valence-corrected chi connectivity index (χ0v) is 17.9. The third kappa shape index (κ3) is 5.61. The highest BCUT2D eigenvalue weighted by molar-refractivity contribution is 7.11. The Morgan fingerprint density at radius 1 is 1.19 bits per heavy atom. The van der Waals surface area contributed by atoms with Gasteiger partial charge in [0.25, 0.3) is 0 Å². The molecule has 1 atom stereocenters. The van der Waals surface area contributed by atoms with Crippen molar-refractivity contribution in [2.45, 2.75) is 64.1 Å². The summed E-state index contributed by atoms with van der Waals surface area (Å²) in [6, 6.07) is 11.0. The second-order valence-electron chi connectivity index (χ2n) is 8.65. The van der Waals surface area contributed by atoms with Crippen LogP contribution in [0.3, 0.4) is 0 Å². The molecule has 0 radical (unpaired) electrons. The molecule has 4 nitrogen and oxygen atoms in total. The second kappa shape index (κ2) is 8.82. The van der Waals surface area contributed by atoms with Gasteiger partial charge in [-0.2, -0.15) is 0 Å². The molecule has 0 aliphatic carbocycles. The molecule has 3 rings (SSSR count). The zero-order chi connectivity index (χ0) is 19.3. The number of aromatic nitrogens is 1. The van der Waals surface area contributed by atoms with Crippen LogP contribution in [0.2, 0.25) is 0 Å².